The second-order valence-electron chi connectivity index (χ2n) is 4.19. The number of rotatable bonds is 4. The van der Waals surface area contributed by atoms with Crippen LogP contribution in [0, 0.1) is 6.92 Å². The van der Waals surface area contributed by atoms with E-state index in [0.717, 1.165) is 17.1 Å². The zero-order valence-electron chi connectivity index (χ0n) is 10.4. The first-order chi connectivity index (χ1) is 8.61. The van der Waals surface area contributed by atoms with E-state index in [1.165, 1.54) is 0 Å². The van der Waals surface area contributed by atoms with Gasteiger partial charge in [-0.25, -0.2) is 0 Å². The minimum Gasteiger partial charge on any atom is -0.272 e. The molecule has 0 aromatic carbocycles. The number of hydrogen-bond acceptors (Lipinski definition) is 4. The Morgan fingerprint density at radius 2 is 2.33 bits per heavy atom. The van der Waals surface area contributed by atoms with Gasteiger partial charge in [-0.2, -0.15) is 5.10 Å². The number of nitrogens with two attached hydrogens (primary N) is 1. The summed E-state index contributed by atoms with van der Waals surface area (Å²) in [6, 6.07) is 5.51. The predicted molar refractivity (Wildman–Crippen MR) is 71.0 cm³/mol. The first-order valence-corrected chi connectivity index (χ1v) is 6.05. The van der Waals surface area contributed by atoms with Crippen LogP contribution in [0.5, 0.6) is 0 Å². The van der Waals surface area contributed by atoms with Crippen molar-refractivity contribution in [3.63, 3.8) is 0 Å². The van der Waals surface area contributed by atoms with Crippen LogP contribution in [0.4, 0.5) is 0 Å². The highest BCUT2D eigenvalue weighted by Gasteiger charge is 2.17. The first kappa shape index (κ1) is 13.0. The lowest BCUT2D eigenvalue weighted by atomic mass is 10.1. The van der Waals surface area contributed by atoms with Crippen LogP contribution >= 0.6 is 11.6 Å². The van der Waals surface area contributed by atoms with E-state index in [9.17, 15) is 0 Å². The van der Waals surface area contributed by atoms with E-state index in [1.54, 1.807) is 12.3 Å². The number of hydrazine groups is 1. The Hall–Kier alpha value is -1.43. The smallest absolute Gasteiger partial charge is 0.0776 e. The molecule has 96 valence electrons. The second-order valence-corrected chi connectivity index (χ2v) is 4.60. The molecule has 0 amide bonds. The van der Waals surface area contributed by atoms with Gasteiger partial charge < -0.3 is 0 Å². The van der Waals surface area contributed by atoms with Crippen LogP contribution in [-0.2, 0) is 13.5 Å². The fourth-order valence-corrected chi connectivity index (χ4v) is 2.21. The van der Waals surface area contributed by atoms with Crippen LogP contribution in [-0.4, -0.2) is 14.8 Å². The Labute approximate surface area is 111 Å². The molecular formula is C12H16ClN5. The van der Waals surface area contributed by atoms with Crippen molar-refractivity contribution >= 4 is 11.6 Å². The molecule has 0 spiro atoms. The predicted octanol–water partition coefficient (Wildman–Crippen LogP) is 1.52. The maximum Gasteiger partial charge on any atom is 0.0776 e. The third-order valence-corrected chi connectivity index (χ3v) is 3.15. The van der Waals surface area contributed by atoms with Gasteiger partial charge in [0.2, 0.25) is 0 Å². The summed E-state index contributed by atoms with van der Waals surface area (Å²) in [7, 11) is 1.91. The summed E-state index contributed by atoms with van der Waals surface area (Å²) in [6.07, 6.45) is 2.39. The summed E-state index contributed by atoms with van der Waals surface area (Å²) in [5, 5.41) is 4.92. The van der Waals surface area contributed by atoms with Crippen LogP contribution in [0.15, 0.2) is 24.4 Å². The van der Waals surface area contributed by atoms with Crippen molar-refractivity contribution in [3.8, 4) is 0 Å². The fourth-order valence-electron chi connectivity index (χ4n) is 1.95. The molecule has 3 N–H and O–H groups in total. The standard InChI is InChI=1S/C12H16ClN5/c1-8-6-9(18(2)17-8)7-11(16-14)12-10(13)4-3-5-15-12/h3-6,11,16H,7,14H2,1-2H3. The number of aromatic nitrogens is 3. The van der Waals surface area contributed by atoms with Crippen LogP contribution < -0.4 is 11.3 Å². The molecule has 0 saturated heterocycles. The highest BCUT2D eigenvalue weighted by molar-refractivity contribution is 6.31. The summed E-state index contributed by atoms with van der Waals surface area (Å²) in [5.74, 6) is 5.60. The van der Waals surface area contributed by atoms with Gasteiger partial charge in [0.25, 0.3) is 0 Å². The van der Waals surface area contributed by atoms with Gasteiger partial charge in [0.15, 0.2) is 0 Å². The normalized spacial score (nSPS) is 12.7. The SMILES string of the molecule is Cc1cc(CC(NN)c2ncccc2Cl)n(C)n1. The van der Waals surface area contributed by atoms with Gasteiger partial charge in [-0.3, -0.25) is 20.9 Å². The number of hydrogen-bond donors (Lipinski definition) is 2. The molecule has 18 heavy (non-hydrogen) atoms. The molecule has 2 aromatic rings. The van der Waals surface area contributed by atoms with E-state index >= 15 is 0 Å². The van der Waals surface area contributed by atoms with E-state index in [0.29, 0.717) is 11.4 Å². The van der Waals surface area contributed by atoms with Crippen molar-refractivity contribution < 1.29 is 0 Å². The minimum atomic E-state index is -0.131. The first-order valence-electron chi connectivity index (χ1n) is 5.68. The molecule has 0 bridgehead atoms. The average molecular weight is 266 g/mol. The average Bonchev–Trinajstić information content (AvgIpc) is 2.66. The summed E-state index contributed by atoms with van der Waals surface area (Å²) in [5.41, 5.74) is 5.57. The lowest BCUT2D eigenvalue weighted by molar-refractivity contribution is 0.518. The van der Waals surface area contributed by atoms with E-state index in [4.69, 9.17) is 17.4 Å². The zero-order chi connectivity index (χ0) is 13.1. The summed E-state index contributed by atoms with van der Waals surface area (Å²) in [6.45, 7) is 1.96. The molecular weight excluding hydrogens is 250 g/mol. The summed E-state index contributed by atoms with van der Waals surface area (Å²) < 4.78 is 1.84. The maximum atomic E-state index is 6.13. The van der Waals surface area contributed by atoms with Crippen molar-refractivity contribution in [1.82, 2.24) is 20.2 Å². The molecule has 1 unspecified atom stereocenters. The molecule has 1 atom stereocenters. The molecule has 0 aliphatic rings. The Balaban J connectivity index is 2.25. The van der Waals surface area contributed by atoms with Crippen molar-refractivity contribution in [2.75, 3.05) is 0 Å². The lowest BCUT2D eigenvalue weighted by Gasteiger charge is -2.16. The number of aryl methyl sites for hydroxylation is 2. The van der Waals surface area contributed by atoms with Crippen molar-refractivity contribution in [1.29, 1.82) is 0 Å². The number of pyridine rings is 1. The third-order valence-electron chi connectivity index (χ3n) is 2.83. The summed E-state index contributed by atoms with van der Waals surface area (Å²) >= 11 is 6.13. The molecule has 6 heteroatoms. The van der Waals surface area contributed by atoms with Crippen LogP contribution in [0.3, 0.4) is 0 Å². The molecule has 0 saturated carbocycles. The Kier molecular flexibility index (Phi) is 3.96. The van der Waals surface area contributed by atoms with Crippen molar-refractivity contribution in [3.05, 3.63) is 46.5 Å². The maximum absolute atomic E-state index is 6.13. The van der Waals surface area contributed by atoms with Crippen molar-refractivity contribution in [2.45, 2.75) is 19.4 Å². The Morgan fingerprint density at radius 3 is 2.89 bits per heavy atom. The Bertz CT molecular complexity index is 537. The van der Waals surface area contributed by atoms with E-state index in [-0.39, 0.29) is 6.04 Å². The molecule has 2 heterocycles. The number of nitrogens with zero attached hydrogens (tertiary/aromatic N) is 3. The molecule has 5 nitrogen and oxygen atoms in total. The van der Waals surface area contributed by atoms with Gasteiger partial charge in [0.1, 0.15) is 0 Å². The van der Waals surface area contributed by atoms with Gasteiger partial charge in [-0.1, -0.05) is 11.6 Å². The monoisotopic (exact) mass is 265 g/mol. The topological polar surface area (TPSA) is 68.8 Å². The molecule has 2 rings (SSSR count). The Morgan fingerprint density at radius 1 is 1.56 bits per heavy atom. The second kappa shape index (κ2) is 5.48. The highest BCUT2D eigenvalue weighted by atomic mass is 35.5. The van der Waals surface area contributed by atoms with Gasteiger partial charge in [0.05, 0.1) is 22.5 Å². The van der Waals surface area contributed by atoms with Crippen molar-refractivity contribution in [2.24, 2.45) is 12.9 Å². The molecule has 0 aliphatic carbocycles. The van der Waals surface area contributed by atoms with Crippen LogP contribution in [0.25, 0.3) is 0 Å². The molecule has 0 fully saturated rings. The molecule has 2 aromatic heterocycles. The van der Waals surface area contributed by atoms with Crippen LogP contribution in [0.2, 0.25) is 5.02 Å². The lowest BCUT2D eigenvalue weighted by Crippen LogP contribution is -2.31. The third kappa shape index (κ3) is 2.69. The van der Waals surface area contributed by atoms with E-state index < -0.39 is 0 Å². The summed E-state index contributed by atoms with van der Waals surface area (Å²) in [4.78, 5) is 4.28. The van der Waals surface area contributed by atoms with Gasteiger partial charge in [-0.15, -0.1) is 0 Å². The van der Waals surface area contributed by atoms with E-state index in [2.05, 4.69) is 15.5 Å². The molecule has 0 radical (unpaired) electrons. The van der Waals surface area contributed by atoms with Gasteiger partial charge in [-0.05, 0) is 25.1 Å². The fraction of sp³-hybridized carbons (Fsp3) is 0.333. The van der Waals surface area contributed by atoms with Gasteiger partial charge >= 0.3 is 0 Å². The highest BCUT2D eigenvalue weighted by Crippen LogP contribution is 2.22. The zero-order valence-corrected chi connectivity index (χ0v) is 11.1. The van der Waals surface area contributed by atoms with Gasteiger partial charge in [0, 0.05) is 25.4 Å². The number of halogens is 1. The largest absolute Gasteiger partial charge is 0.272 e. The minimum absolute atomic E-state index is 0.131. The quantitative estimate of drug-likeness (QED) is 0.650. The van der Waals surface area contributed by atoms with Crippen LogP contribution in [0.1, 0.15) is 23.1 Å². The van der Waals surface area contributed by atoms with E-state index in [1.807, 2.05) is 30.8 Å². The number of nitrogens with one attached hydrogen (secondary N) is 1. The molecule has 0 aliphatic heterocycles.